The second-order valence-electron chi connectivity index (χ2n) is 3.51. The van der Waals surface area contributed by atoms with E-state index in [-0.39, 0.29) is 5.78 Å². The predicted molar refractivity (Wildman–Crippen MR) is 62.5 cm³/mol. The molecule has 0 amide bonds. The second kappa shape index (κ2) is 5.86. The lowest BCUT2D eigenvalue weighted by Crippen LogP contribution is -2.03. The molecule has 1 aromatic carbocycles. The molecule has 14 heavy (non-hydrogen) atoms. The highest BCUT2D eigenvalue weighted by atomic mass is 32.2. The maximum atomic E-state index is 10.9. The fourth-order valence-corrected chi connectivity index (χ4v) is 2.30. The summed E-state index contributed by atoms with van der Waals surface area (Å²) in [6, 6.07) is 10.4. The van der Waals surface area contributed by atoms with Crippen molar-refractivity contribution in [2.45, 2.75) is 31.3 Å². The van der Waals surface area contributed by atoms with Crippen molar-refractivity contribution < 1.29 is 4.79 Å². The van der Waals surface area contributed by atoms with Crippen LogP contribution in [-0.4, -0.2) is 11.0 Å². The summed E-state index contributed by atoms with van der Waals surface area (Å²) >= 11 is 1.84. The van der Waals surface area contributed by atoms with Crippen LogP contribution in [0.3, 0.4) is 0 Å². The Morgan fingerprint density at radius 2 is 2.00 bits per heavy atom. The molecular weight excluding hydrogens is 192 g/mol. The molecule has 1 atom stereocenters. The van der Waals surface area contributed by atoms with Crippen molar-refractivity contribution in [2.24, 2.45) is 0 Å². The van der Waals surface area contributed by atoms with Crippen molar-refractivity contribution in [2.75, 3.05) is 0 Å². The van der Waals surface area contributed by atoms with Gasteiger partial charge in [0.2, 0.25) is 0 Å². The molecule has 0 aromatic heterocycles. The Morgan fingerprint density at radius 3 is 2.57 bits per heavy atom. The Morgan fingerprint density at radius 1 is 1.36 bits per heavy atom. The summed E-state index contributed by atoms with van der Waals surface area (Å²) in [6.45, 7) is 3.76. The van der Waals surface area contributed by atoms with Crippen LogP contribution >= 0.6 is 11.8 Å². The summed E-state index contributed by atoms with van der Waals surface area (Å²) in [4.78, 5) is 10.9. The number of hydrogen-bond donors (Lipinski definition) is 0. The summed E-state index contributed by atoms with van der Waals surface area (Å²) in [6.07, 6.45) is 0.678. The Balaban J connectivity index is 2.30. The Labute approximate surface area is 89.9 Å². The molecule has 0 aliphatic heterocycles. The standard InChI is InChI=1S/C12H16OS/c1-10(13)8-11(2)14-9-12-6-4-3-5-7-12/h3-7,11H,8-9H2,1-2H3. The molecule has 1 nitrogen and oxygen atoms in total. The van der Waals surface area contributed by atoms with Crippen molar-refractivity contribution >= 4 is 17.5 Å². The quantitative estimate of drug-likeness (QED) is 0.738. The molecular formula is C12H16OS. The molecule has 2 heteroatoms. The first kappa shape index (κ1) is 11.3. The molecule has 1 unspecified atom stereocenters. The van der Waals surface area contributed by atoms with Crippen LogP contribution in [0.5, 0.6) is 0 Å². The summed E-state index contributed by atoms with van der Waals surface area (Å²) < 4.78 is 0. The van der Waals surface area contributed by atoms with E-state index in [2.05, 4.69) is 19.1 Å². The monoisotopic (exact) mass is 208 g/mol. The Bertz CT molecular complexity index is 282. The molecule has 0 heterocycles. The third-order valence-electron chi connectivity index (χ3n) is 1.95. The van der Waals surface area contributed by atoms with Crippen LogP contribution < -0.4 is 0 Å². The van der Waals surface area contributed by atoms with E-state index in [1.165, 1.54) is 5.56 Å². The second-order valence-corrected chi connectivity index (χ2v) is 4.94. The van der Waals surface area contributed by atoms with Crippen molar-refractivity contribution in [1.29, 1.82) is 0 Å². The van der Waals surface area contributed by atoms with Gasteiger partial charge >= 0.3 is 0 Å². The minimum absolute atomic E-state index is 0.276. The fraction of sp³-hybridized carbons (Fsp3) is 0.417. The maximum Gasteiger partial charge on any atom is 0.130 e. The molecule has 0 aliphatic carbocycles. The van der Waals surface area contributed by atoms with Gasteiger partial charge in [-0.3, -0.25) is 4.79 Å². The SMILES string of the molecule is CC(=O)CC(C)SCc1ccccc1. The molecule has 0 radical (unpaired) electrons. The molecule has 1 aromatic rings. The largest absolute Gasteiger partial charge is 0.300 e. The average molecular weight is 208 g/mol. The van der Waals surface area contributed by atoms with Crippen LogP contribution in [0.2, 0.25) is 0 Å². The highest BCUT2D eigenvalue weighted by molar-refractivity contribution is 7.99. The van der Waals surface area contributed by atoms with E-state index in [0.29, 0.717) is 11.7 Å². The zero-order valence-corrected chi connectivity index (χ0v) is 9.51. The average Bonchev–Trinajstić information content (AvgIpc) is 2.15. The molecule has 0 N–H and O–H groups in total. The van der Waals surface area contributed by atoms with Crippen LogP contribution in [-0.2, 0) is 10.5 Å². The molecule has 0 spiro atoms. The van der Waals surface area contributed by atoms with Crippen molar-refractivity contribution in [1.82, 2.24) is 0 Å². The zero-order chi connectivity index (χ0) is 10.4. The van der Waals surface area contributed by atoms with Crippen LogP contribution in [0.1, 0.15) is 25.8 Å². The van der Waals surface area contributed by atoms with E-state index in [1.54, 1.807) is 6.92 Å². The van der Waals surface area contributed by atoms with E-state index in [9.17, 15) is 4.79 Å². The fourth-order valence-electron chi connectivity index (χ4n) is 1.28. The number of Topliss-reactive ketones (excluding diaryl/α,β-unsaturated/α-hetero) is 1. The molecule has 76 valence electrons. The number of thioether (sulfide) groups is 1. The number of carbonyl (C=O) groups excluding carboxylic acids is 1. The van der Waals surface area contributed by atoms with Crippen molar-refractivity contribution in [3.05, 3.63) is 35.9 Å². The van der Waals surface area contributed by atoms with Crippen LogP contribution in [0.4, 0.5) is 0 Å². The van der Waals surface area contributed by atoms with Gasteiger partial charge in [0.25, 0.3) is 0 Å². The van der Waals surface area contributed by atoms with Gasteiger partial charge in [0.05, 0.1) is 0 Å². The zero-order valence-electron chi connectivity index (χ0n) is 8.69. The smallest absolute Gasteiger partial charge is 0.130 e. The van der Waals surface area contributed by atoms with E-state index in [0.717, 1.165) is 5.75 Å². The van der Waals surface area contributed by atoms with Gasteiger partial charge in [0.15, 0.2) is 0 Å². The molecule has 0 bridgehead atoms. The van der Waals surface area contributed by atoms with Gasteiger partial charge in [-0.1, -0.05) is 37.3 Å². The lowest BCUT2D eigenvalue weighted by molar-refractivity contribution is -0.116. The van der Waals surface area contributed by atoms with E-state index in [1.807, 2.05) is 30.0 Å². The lowest BCUT2D eigenvalue weighted by Gasteiger charge is -2.08. The Kier molecular flexibility index (Phi) is 4.74. The number of hydrogen-bond acceptors (Lipinski definition) is 2. The third-order valence-corrected chi connectivity index (χ3v) is 3.19. The van der Waals surface area contributed by atoms with Crippen LogP contribution in [0.15, 0.2) is 30.3 Å². The summed E-state index contributed by atoms with van der Waals surface area (Å²) in [5.74, 6) is 1.27. The van der Waals surface area contributed by atoms with Gasteiger partial charge in [-0.15, -0.1) is 0 Å². The molecule has 0 saturated heterocycles. The van der Waals surface area contributed by atoms with Gasteiger partial charge in [-0.25, -0.2) is 0 Å². The van der Waals surface area contributed by atoms with E-state index < -0.39 is 0 Å². The number of ketones is 1. The van der Waals surface area contributed by atoms with Crippen LogP contribution in [0.25, 0.3) is 0 Å². The van der Waals surface area contributed by atoms with Crippen LogP contribution in [0, 0.1) is 0 Å². The van der Waals surface area contributed by atoms with Gasteiger partial charge in [-0.2, -0.15) is 11.8 Å². The summed E-state index contributed by atoms with van der Waals surface area (Å²) in [7, 11) is 0. The van der Waals surface area contributed by atoms with Gasteiger partial charge < -0.3 is 0 Å². The summed E-state index contributed by atoms with van der Waals surface area (Å²) in [5, 5.41) is 0.424. The van der Waals surface area contributed by atoms with E-state index in [4.69, 9.17) is 0 Å². The first-order valence-corrected chi connectivity index (χ1v) is 5.88. The Hall–Kier alpha value is -0.760. The topological polar surface area (TPSA) is 17.1 Å². The highest BCUT2D eigenvalue weighted by Gasteiger charge is 2.05. The maximum absolute atomic E-state index is 10.9. The lowest BCUT2D eigenvalue weighted by atomic mass is 10.2. The minimum atomic E-state index is 0.276. The predicted octanol–water partition coefficient (Wildman–Crippen LogP) is 3.29. The van der Waals surface area contributed by atoms with Gasteiger partial charge in [0, 0.05) is 17.4 Å². The first-order valence-electron chi connectivity index (χ1n) is 4.83. The number of benzene rings is 1. The number of carbonyl (C=O) groups is 1. The molecule has 0 saturated carbocycles. The van der Waals surface area contributed by atoms with Gasteiger partial charge in [-0.05, 0) is 12.5 Å². The molecule has 0 aliphatic rings. The normalized spacial score (nSPS) is 12.4. The molecule has 0 fully saturated rings. The van der Waals surface area contributed by atoms with Crippen molar-refractivity contribution in [3.8, 4) is 0 Å². The summed E-state index contributed by atoms with van der Waals surface area (Å²) in [5.41, 5.74) is 1.33. The van der Waals surface area contributed by atoms with Crippen molar-refractivity contribution in [3.63, 3.8) is 0 Å². The van der Waals surface area contributed by atoms with E-state index >= 15 is 0 Å². The third kappa shape index (κ3) is 4.47. The number of rotatable bonds is 5. The first-order chi connectivity index (χ1) is 6.68. The minimum Gasteiger partial charge on any atom is -0.300 e. The van der Waals surface area contributed by atoms with Gasteiger partial charge in [0.1, 0.15) is 5.78 Å². The highest BCUT2D eigenvalue weighted by Crippen LogP contribution is 2.19. The molecule has 1 rings (SSSR count).